The van der Waals surface area contributed by atoms with Crippen molar-refractivity contribution in [2.45, 2.75) is 34.2 Å². The molecule has 23 heavy (non-hydrogen) atoms. The molecule has 7 heteroatoms. The molecule has 0 aliphatic rings. The van der Waals surface area contributed by atoms with Crippen LogP contribution in [-0.2, 0) is 6.54 Å². The normalized spacial score (nSPS) is 10.6. The average Bonchev–Trinajstić information content (AvgIpc) is 2.75. The van der Waals surface area contributed by atoms with Crippen molar-refractivity contribution >= 4 is 11.5 Å². The van der Waals surface area contributed by atoms with Crippen LogP contribution in [0.5, 0.6) is 5.75 Å². The second kappa shape index (κ2) is 6.60. The largest absolute Gasteiger partial charge is 0.494 e. The van der Waals surface area contributed by atoms with E-state index >= 15 is 0 Å². The molecule has 0 spiro atoms. The SMILES string of the molecule is CCOc1ccc(C(C)=O)cc1Cn1nc(C)c([N+](=O)[O-])c1C. The zero-order valence-electron chi connectivity index (χ0n) is 13.6. The van der Waals surface area contributed by atoms with Gasteiger partial charge in [0.25, 0.3) is 0 Å². The predicted octanol–water partition coefficient (Wildman–Crippen LogP) is 3.06. The van der Waals surface area contributed by atoms with E-state index in [9.17, 15) is 14.9 Å². The summed E-state index contributed by atoms with van der Waals surface area (Å²) < 4.78 is 7.15. The number of Topliss-reactive ketones (excluding diaryl/α,β-unsaturated/α-hetero) is 1. The number of ether oxygens (including phenoxy) is 1. The fraction of sp³-hybridized carbons (Fsp3) is 0.375. The molecule has 1 heterocycles. The number of carbonyl (C=O) groups is 1. The molecule has 0 unspecified atom stereocenters. The molecule has 1 aromatic carbocycles. The van der Waals surface area contributed by atoms with Crippen molar-refractivity contribution in [1.29, 1.82) is 0 Å². The summed E-state index contributed by atoms with van der Waals surface area (Å²) in [5, 5.41) is 15.3. The lowest BCUT2D eigenvalue weighted by atomic mass is 10.1. The van der Waals surface area contributed by atoms with Crippen LogP contribution in [0.25, 0.3) is 0 Å². The highest BCUT2D eigenvalue weighted by atomic mass is 16.6. The fourth-order valence-corrected chi connectivity index (χ4v) is 2.49. The number of nitro groups is 1. The van der Waals surface area contributed by atoms with Crippen LogP contribution in [0.3, 0.4) is 0 Å². The van der Waals surface area contributed by atoms with Crippen LogP contribution in [0.15, 0.2) is 18.2 Å². The highest BCUT2D eigenvalue weighted by molar-refractivity contribution is 5.94. The lowest BCUT2D eigenvalue weighted by molar-refractivity contribution is -0.386. The molecule has 0 bridgehead atoms. The van der Waals surface area contributed by atoms with E-state index in [0.717, 1.165) is 5.56 Å². The summed E-state index contributed by atoms with van der Waals surface area (Å²) in [5.74, 6) is 0.598. The van der Waals surface area contributed by atoms with E-state index in [-0.39, 0.29) is 11.5 Å². The first-order valence-electron chi connectivity index (χ1n) is 7.30. The van der Waals surface area contributed by atoms with Crippen molar-refractivity contribution in [3.05, 3.63) is 50.8 Å². The number of carbonyl (C=O) groups excluding carboxylic acids is 1. The maximum atomic E-state index is 11.6. The van der Waals surface area contributed by atoms with Crippen molar-refractivity contribution in [3.8, 4) is 5.75 Å². The van der Waals surface area contributed by atoms with Crippen LogP contribution >= 0.6 is 0 Å². The summed E-state index contributed by atoms with van der Waals surface area (Å²) >= 11 is 0. The topological polar surface area (TPSA) is 87.3 Å². The molecule has 0 amide bonds. The molecule has 0 aliphatic heterocycles. The summed E-state index contributed by atoms with van der Waals surface area (Å²) in [4.78, 5) is 22.3. The van der Waals surface area contributed by atoms with E-state index in [0.29, 0.717) is 35.9 Å². The van der Waals surface area contributed by atoms with Gasteiger partial charge in [0.05, 0.1) is 18.1 Å². The van der Waals surface area contributed by atoms with E-state index in [1.165, 1.54) is 6.92 Å². The molecule has 0 radical (unpaired) electrons. The van der Waals surface area contributed by atoms with Gasteiger partial charge in [0.15, 0.2) is 5.78 Å². The molecule has 0 atom stereocenters. The third kappa shape index (κ3) is 3.39. The van der Waals surface area contributed by atoms with Gasteiger partial charge in [0.2, 0.25) is 0 Å². The Bertz CT molecular complexity index is 765. The van der Waals surface area contributed by atoms with Crippen molar-refractivity contribution in [2.24, 2.45) is 0 Å². The second-order valence-electron chi connectivity index (χ2n) is 5.25. The Hall–Kier alpha value is -2.70. The molecule has 0 aliphatic carbocycles. The average molecular weight is 317 g/mol. The van der Waals surface area contributed by atoms with Crippen LogP contribution in [0.2, 0.25) is 0 Å². The van der Waals surface area contributed by atoms with Gasteiger partial charge in [-0.05, 0) is 45.9 Å². The van der Waals surface area contributed by atoms with Gasteiger partial charge in [-0.1, -0.05) is 0 Å². The van der Waals surface area contributed by atoms with Crippen LogP contribution < -0.4 is 4.74 Å². The number of aromatic nitrogens is 2. The Morgan fingerprint density at radius 3 is 2.61 bits per heavy atom. The number of hydrogen-bond acceptors (Lipinski definition) is 5. The maximum absolute atomic E-state index is 11.6. The van der Waals surface area contributed by atoms with Gasteiger partial charge in [-0.2, -0.15) is 5.10 Å². The Kier molecular flexibility index (Phi) is 4.78. The lowest BCUT2D eigenvalue weighted by Gasteiger charge is -2.12. The fourth-order valence-electron chi connectivity index (χ4n) is 2.49. The van der Waals surface area contributed by atoms with Gasteiger partial charge >= 0.3 is 5.69 Å². The van der Waals surface area contributed by atoms with Crippen LogP contribution in [0.4, 0.5) is 5.69 Å². The van der Waals surface area contributed by atoms with Crippen molar-refractivity contribution in [3.63, 3.8) is 0 Å². The Balaban J connectivity index is 2.46. The summed E-state index contributed by atoms with van der Waals surface area (Å²) in [5.41, 5.74) is 2.20. The lowest BCUT2D eigenvalue weighted by Crippen LogP contribution is -2.08. The highest BCUT2D eigenvalue weighted by Gasteiger charge is 2.22. The second-order valence-corrected chi connectivity index (χ2v) is 5.25. The molecule has 2 rings (SSSR count). The summed E-state index contributed by atoms with van der Waals surface area (Å²) in [7, 11) is 0. The molecule has 0 fully saturated rings. The van der Waals surface area contributed by atoms with Gasteiger partial charge in [-0.15, -0.1) is 0 Å². The van der Waals surface area contributed by atoms with E-state index in [1.807, 2.05) is 6.92 Å². The van der Waals surface area contributed by atoms with Gasteiger partial charge < -0.3 is 4.74 Å². The van der Waals surface area contributed by atoms with Gasteiger partial charge in [-0.3, -0.25) is 19.6 Å². The number of aryl methyl sites for hydroxylation is 1. The van der Waals surface area contributed by atoms with E-state index in [4.69, 9.17) is 4.74 Å². The number of benzene rings is 1. The minimum absolute atomic E-state index is 0.0192. The summed E-state index contributed by atoms with van der Waals surface area (Å²) in [6.45, 7) is 7.43. The number of hydrogen-bond donors (Lipinski definition) is 0. The molecule has 0 N–H and O–H groups in total. The number of ketones is 1. The Labute approximate surface area is 134 Å². The molecule has 1 aromatic heterocycles. The Morgan fingerprint density at radius 2 is 2.09 bits per heavy atom. The first kappa shape index (κ1) is 16.7. The van der Waals surface area contributed by atoms with E-state index in [1.54, 1.807) is 36.7 Å². The van der Waals surface area contributed by atoms with Crippen LogP contribution in [0, 0.1) is 24.0 Å². The standard InChI is InChI=1S/C16H19N3O4/c1-5-23-15-7-6-13(12(4)20)8-14(15)9-18-11(3)16(19(21)22)10(2)17-18/h6-8H,5,9H2,1-4H3. The first-order valence-corrected chi connectivity index (χ1v) is 7.30. The first-order chi connectivity index (χ1) is 10.8. The van der Waals surface area contributed by atoms with Gasteiger partial charge in [0.1, 0.15) is 17.1 Å². The van der Waals surface area contributed by atoms with E-state index in [2.05, 4.69) is 5.10 Å². The molecule has 0 saturated heterocycles. The molecule has 2 aromatic rings. The van der Waals surface area contributed by atoms with Crippen molar-refractivity contribution in [1.82, 2.24) is 9.78 Å². The minimum atomic E-state index is -0.427. The maximum Gasteiger partial charge on any atom is 0.312 e. The minimum Gasteiger partial charge on any atom is -0.494 e. The van der Waals surface area contributed by atoms with Gasteiger partial charge in [-0.25, -0.2) is 0 Å². The molecule has 7 nitrogen and oxygen atoms in total. The highest BCUT2D eigenvalue weighted by Crippen LogP contribution is 2.26. The zero-order valence-corrected chi connectivity index (χ0v) is 13.6. The van der Waals surface area contributed by atoms with Crippen molar-refractivity contribution < 1.29 is 14.5 Å². The predicted molar refractivity (Wildman–Crippen MR) is 85.1 cm³/mol. The molecule has 0 saturated carbocycles. The summed E-state index contributed by atoms with van der Waals surface area (Å²) in [6, 6.07) is 5.20. The van der Waals surface area contributed by atoms with Gasteiger partial charge in [0, 0.05) is 11.1 Å². The smallest absolute Gasteiger partial charge is 0.312 e. The van der Waals surface area contributed by atoms with E-state index < -0.39 is 4.92 Å². The molecular formula is C16H19N3O4. The molecular weight excluding hydrogens is 298 g/mol. The number of nitrogens with zero attached hydrogens (tertiary/aromatic N) is 3. The Morgan fingerprint density at radius 1 is 1.39 bits per heavy atom. The quantitative estimate of drug-likeness (QED) is 0.464. The zero-order chi connectivity index (χ0) is 17.1. The van der Waals surface area contributed by atoms with Crippen LogP contribution in [-0.4, -0.2) is 27.1 Å². The number of rotatable bonds is 6. The molecule has 122 valence electrons. The van der Waals surface area contributed by atoms with Crippen LogP contribution in [0.1, 0.15) is 41.2 Å². The third-order valence-electron chi connectivity index (χ3n) is 3.61. The summed E-state index contributed by atoms with van der Waals surface area (Å²) in [6.07, 6.45) is 0. The third-order valence-corrected chi connectivity index (χ3v) is 3.61. The van der Waals surface area contributed by atoms with Crippen molar-refractivity contribution in [2.75, 3.05) is 6.61 Å². The monoisotopic (exact) mass is 317 g/mol.